The molecule has 3 rings (SSSR count). The van der Waals surface area contributed by atoms with Gasteiger partial charge in [-0.25, -0.2) is 4.79 Å². The number of nitrogens with one attached hydrogen (secondary N) is 1. The number of benzene rings is 3. The summed E-state index contributed by atoms with van der Waals surface area (Å²) in [5, 5.41) is 24.4. The van der Waals surface area contributed by atoms with Gasteiger partial charge in [0.25, 0.3) is 0 Å². The molecule has 0 aliphatic rings. The van der Waals surface area contributed by atoms with Gasteiger partial charge in [-0.05, 0) is 64.6 Å². The summed E-state index contributed by atoms with van der Waals surface area (Å²) in [6.07, 6.45) is -0.849. The molecule has 0 spiro atoms. The van der Waals surface area contributed by atoms with E-state index in [0.29, 0.717) is 17.7 Å². The normalized spacial score (nSPS) is 13.1. The number of rotatable bonds is 6. The van der Waals surface area contributed by atoms with Crippen LogP contribution in [0.4, 0.5) is 10.5 Å². The topological polar surface area (TPSA) is 78.8 Å². The van der Waals surface area contributed by atoms with Crippen LogP contribution in [0.15, 0.2) is 60.7 Å². The van der Waals surface area contributed by atoms with Gasteiger partial charge in [0, 0.05) is 21.1 Å². The van der Waals surface area contributed by atoms with Gasteiger partial charge in [-0.1, -0.05) is 43.3 Å². The van der Waals surface area contributed by atoms with E-state index in [1.165, 1.54) is 0 Å². The second-order valence-corrected chi connectivity index (χ2v) is 7.92. The minimum absolute atomic E-state index is 0.0311. The molecule has 0 aliphatic heterocycles. The van der Waals surface area contributed by atoms with Crippen molar-refractivity contribution in [2.45, 2.75) is 19.4 Å². The summed E-state index contributed by atoms with van der Waals surface area (Å²) in [4.78, 5) is 12.7. The number of aliphatic hydroxyl groups excluding tert-OH is 1. The highest BCUT2D eigenvalue weighted by Crippen LogP contribution is 2.35. The van der Waals surface area contributed by atoms with Crippen LogP contribution in [0, 0.1) is 9.49 Å². The van der Waals surface area contributed by atoms with E-state index in [1.807, 2.05) is 49.4 Å². The van der Waals surface area contributed by atoms with Gasteiger partial charge < -0.3 is 14.9 Å². The number of phenolic OH excluding ortho intramolecular Hbond substituents is 1. The number of fused-ring (bicyclic) bond motifs is 1. The molecule has 3 aromatic carbocycles. The first-order chi connectivity index (χ1) is 13.5. The summed E-state index contributed by atoms with van der Waals surface area (Å²) in [5.74, 6) is -0.111. The molecule has 0 saturated carbocycles. The van der Waals surface area contributed by atoms with E-state index >= 15 is 0 Å². The number of hydrogen-bond donors (Lipinski definition) is 3. The molecule has 146 valence electrons. The number of hydrogen-bond acceptors (Lipinski definition) is 4. The molecular formula is C22H22INO4. The van der Waals surface area contributed by atoms with Crippen LogP contribution in [0.25, 0.3) is 10.8 Å². The number of ether oxygens (including phenoxy) is 1. The van der Waals surface area contributed by atoms with Crippen molar-refractivity contribution in [1.29, 1.82) is 0 Å². The van der Waals surface area contributed by atoms with Crippen LogP contribution >= 0.6 is 22.6 Å². The average molecular weight is 491 g/mol. The predicted molar refractivity (Wildman–Crippen MR) is 118 cm³/mol. The number of amides is 1. The maximum absolute atomic E-state index is 12.7. The van der Waals surface area contributed by atoms with Crippen molar-refractivity contribution in [3.63, 3.8) is 0 Å². The van der Waals surface area contributed by atoms with E-state index in [4.69, 9.17) is 4.74 Å². The molecule has 0 aliphatic carbocycles. The quantitative estimate of drug-likeness (QED) is 0.401. The molecule has 0 fully saturated rings. The van der Waals surface area contributed by atoms with Crippen LogP contribution in [0.2, 0.25) is 0 Å². The Morgan fingerprint density at radius 3 is 2.68 bits per heavy atom. The lowest BCUT2D eigenvalue weighted by Crippen LogP contribution is -2.23. The fourth-order valence-corrected chi connectivity index (χ4v) is 3.70. The first-order valence-corrected chi connectivity index (χ1v) is 10.1. The number of anilines is 1. The van der Waals surface area contributed by atoms with E-state index < -0.39 is 12.2 Å². The van der Waals surface area contributed by atoms with E-state index in [0.717, 1.165) is 14.3 Å². The van der Waals surface area contributed by atoms with Crippen molar-refractivity contribution in [3.8, 4) is 5.75 Å². The Hall–Kier alpha value is -2.32. The van der Waals surface area contributed by atoms with Crippen molar-refractivity contribution >= 4 is 45.1 Å². The standard InChI is InChI=1S/C22H22INO4/c1-14(11-12-25)21(18-13-16(23)9-10-20(18)26)28-22(27)24-19-8-4-6-15-5-2-3-7-17(15)19/h2-10,13-14,21,25-26H,11-12H2,1H3,(H,24,27)/t14-,21-/m1/s1. The minimum Gasteiger partial charge on any atom is -0.508 e. The van der Waals surface area contributed by atoms with Gasteiger partial charge in [0.2, 0.25) is 0 Å². The maximum atomic E-state index is 12.7. The van der Waals surface area contributed by atoms with Crippen LogP contribution in [0.3, 0.4) is 0 Å². The minimum atomic E-state index is -0.683. The van der Waals surface area contributed by atoms with Crippen molar-refractivity contribution in [1.82, 2.24) is 0 Å². The molecule has 6 heteroatoms. The molecule has 1 amide bonds. The highest BCUT2D eigenvalue weighted by molar-refractivity contribution is 14.1. The van der Waals surface area contributed by atoms with Crippen LogP contribution in [-0.2, 0) is 4.74 Å². The molecule has 0 bridgehead atoms. The van der Waals surface area contributed by atoms with Crippen molar-refractivity contribution in [2.24, 2.45) is 5.92 Å². The Morgan fingerprint density at radius 2 is 1.89 bits per heavy atom. The van der Waals surface area contributed by atoms with Crippen molar-refractivity contribution < 1.29 is 19.7 Å². The summed E-state index contributed by atoms with van der Waals surface area (Å²) in [6.45, 7) is 1.85. The lowest BCUT2D eigenvalue weighted by molar-refractivity contribution is 0.0652. The van der Waals surface area contributed by atoms with Gasteiger partial charge in [0.05, 0.1) is 5.69 Å². The third kappa shape index (κ3) is 4.74. The number of aromatic hydroxyl groups is 1. The number of carbonyl (C=O) groups is 1. The Bertz CT molecular complexity index is 970. The molecule has 5 nitrogen and oxygen atoms in total. The zero-order chi connectivity index (χ0) is 20.1. The lowest BCUT2D eigenvalue weighted by atomic mass is 9.94. The number of halogens is 1. The van der Waals surface area contributed by atoms with Gasteiger partial charge in [-0.2, -0.15) is 0 Å². The Morgan fingerprint density at radius 1 is 1.14 bits per heavy atom. The van der Waals surface area contributed by atoms with Crippen LogP contribution in [-0.4, -0.2) is 22.9 Å². The highest BCUT2D eigenvalue weighted by Gasteiger charge is 2.26. The van der Waals surface area contributed by atoms with Gasteiger partial charge in [-0.15, -0.1) is 0 Å². The van der Waals surface area contributed by atoms with Gasteiger partial charge in [0.1, 0.15) is 11.9 Å². The number of carbonyl (C=O) groups excluding carboxylic acids is 1. The first kappa shape index (κ1) is 20.4. The van der Waals surface area contributed by atoms with Crippen LogP contribution in [0.5, 0.6) is 5.75 Å². The molecule has 3 N–H and O–H groups in total. The highest BCUT2D eigenvalue weighted by atomic mass is 127. The predicted octanol–water partition coefficient (Wildman–Crippen LogP) is 5.46. The monoisotopic (exact) mass is 491 g/mol. The third-order valence-electron chi connectivity index (χ3n) is 4.66. The second kappa shape index (κ2) is 9.25. The molecule has 0 saturated heterocycles. The van der Waals surface area contributed by atoms with Crippen LogP contribution in [0.1, 0.15) is 25.0 Å². The SMILES string of the molecule is C[C@H](CCO)[C@@H](OC(=O)Nc1cccc2ccccc12)c1cc(I)ccc1O. The van der Waals surface area contributed by atoms with Crippen molar-refractivity contribution in [3.05, 3.63) is 69.8 Å². The fourth-order valence-electron chi connectivity index (χ4n) is 3.18. The van der Waals surface area contributed by atoms with Crippen LogP contribution < -0.4 is 5.32 Å². The lowest BCUT2D eigenvalue weighted by Gasteiger charge is -2.25. The molecule has 3 aromatic rings. The maximum Gasteiger partial charge on any atom is 0.412 e. The summed E-state index contributed by atoms with van der Waals surface area (Å²) in [5.41, 5.74) is 1.18. The smallest absolute Gasteiger partial charge is 0.412 e. The molecular weight excluding hydrogens is 469 g/mol. The summed E-state index contributed by atoms with van der Waals surface area (Å²) in [7, 11) is 0. The van der Waals surface area contributed by atoms with E-state index in [1.54, 1.807) is 18.2 Å². The van der Waals surface area contributed by atoms with Crippen molar-refractivity contribution in [2.75, 3.05) is 11.9 Å². The van der Waals surface area contributed by atoms with E-state index in [-0.39, 0.29) is 18.3 Å². The van der Waals surface area contributed by atoms with Gasteiger partial charge in [-0.3, -0.25) is 5.32 Å². The summed E-state index contributed by atoms with van der Waals surface area (Å²) in [6, 6.07) is 18.6. The van der Waals surface area contributed by atoms with Gasteiger partial charge in [0.15, 0.2) is 0 Å². The average Bonchev–Trinajstić information content (AvgIpc) is 2.68. The molecule has 28 heavy (non-hydrogen) atoms. The molecule has 2 atom stereocenters. The Labute approximate surface area is 177 Å². The summed E-state index contributed by atoms with van der Waals surface area (Å²) < 4.78 is 6.64. The summed E-state index contributed by atoms with van der Waals surface area (Å²) >= 11 is 2.15. The zero-order valence-corrected chi connectivity index (χ0v) is 17.6. The molecule has 0 unspecified atom stereocenters. The van der Waals surface area contributed by atoms with Gasteiger partial charge >= 0.3 is 6.09 Å². The Balaban J connectivity index is 1.85. The third-order valence-corrected chi connectivity index (χ3v) is 5.33. The largest absolute Gasteiger partial charge is 0.508 e. The molecule has 0 heterocycles. The first-order valence-electron chi connectivity index (χ1n) is 9.04. The molecule has 0 aromatic heterocycles. The number of phenols is 1. The number of aliphatic hydroxyl groups is 1. The second-order valence-electron chi connectivity index (χ2n) is 6.67. The Kier molecular flexibility index (Phi) is 6.74. The molecule has 0 radical (unpaired) electrons. The fraction of sp³-hybridized carbons (Fsp3) is 0.227. The van der Waals surface area contributed by atoms with E-state index in [2.05, 4.69) is 27.9 Å². The zero-order valence-electron chi connectivity index (χ0n) is 15.4. The van der Waals surface area contributed by atoms with E-state index in [9.17, 15) is 15.0 Å².